The second-order valence-corrected chi connectivity index (χ2v) is 13.0. The molecule has 1 aliphatic rings. The Bertz CT molecular complexity index is 1000. The Hall–Kier alpha value is -3.35. The first-order valence-electron chi connectivity index (χ1n) is 10.2. The standard InChI is InChI=1S/C23H26N4O3Si/c1-4-14-31(2,3)20-12-10-18(11-13-20)21(25-26-24)22(28)27-19(16-30-23(27)29)15-17-8-6-5-7-9-17/h4-13,19,21H,1,14-16H2,2-3H3/t19-,21?/m0/s1. The van der Waals surface area contributed by atoms with Crippen LogP contribution < -0.4 is 5.19 Å². The van der Waals surface area contributed by atoms with E-state index in [1.54, 1.807) is 12.1 Å². The first-order chi connectivity index (χ1) is 14.9. The van der Waals surface area contributed by atoms with Gasteiger partial charge in [0.1, 0.15) is 12.6 Å². The van der Waals surface area contributed by atoms with Crippen LogP contribution in [-0.4, -0.2) is 37.6 Å². The number of imide groups is 1. The Morgan fingerprint density at radius 2 is 1.97 bits per heavy atom. The van der Waals surface area contributed by atoms with E-state index in [1.165, 1.54) is 5.19 Å². The van der Waals surface area contributed by atoms with Gasteiger partial charge in [0.2, 0.25) is 5.91 Å². The Labute approximate surface area is 183 Å². The number of hydrogen-bond donors (Lipinski definition) is 0. The first-order valence-corrected chi connectivity index (χ1v) is 13.4. The molecule has 2 amide bonds. The lowest BCUT2D eigenvalue weighted by Gasteiger charge is -2.24. The SMILES string of the molecule is C=CC[Si](C)(C)c1ccc(C(N=[N+]=[N-])C(=O)N2C(=O)OC[C@@H]2Cc2ccccc2)cc1. The summed E-state index contributed by atoms with van der Waals surface area (Å²) in [5, 5.41) is 4.93. The van der Waals surface area contributed by atoms with Crippen LogP contribution in [0.15, 0.2) is 72.4 Å². The topological polar surface area (TPSA) is 95.4 Å². The number of rotatable bonds is 8. The van der Waals surface area contributed by atoms with E-state index in [0.717, 1.165) is 16.5 Å². The first kappa shape index (κ1) is 22.3. The van der Waals surface area contributed by atoms with E-state index < -0.39 is 32.2 Å². The number of benzene rings is 2. The van der Waals surface area contributed by atoms with Crippen LogP contribution in [0.2, 0.25) is 19.1 Å². The molecule has 0 radical (unpaired) electrons. The summed E-state index contributed by atoms with van der Waals surface area (Å²) in [4.78, 5) is 29.6. The number of hydrogen-bond acceptors (Lipinski definition) is 4. The molecule has 0 saturated carbocycles. The molecule has 1 saturated heterocycles. The molecule has 0 N–H and O–H groups in total. The highest BCUT2D eigenvalue weighted by atomic mass is 28.3. The number of cyclic esters (lactones) is 1. The van der Waals surface area contributed by atoms with E-state index >= 15 is 0 Å². The Morgan fingerprint density at radius 1 is 1.29 bits per heavy atom. The molecule has 2 aromatic carbocycles. The van der Waals surface area contributed by atoms with Gasteiger partial charge in [-0.1, -0.05) is 84.1 Å². The highest BCUT2D eigenvalue weighted by Crippen LogP contribution is 2.26. The second kappa shape index (κ2) is 9.64. The summed E-state index contributed by atoms with van der Waals surface area (Å²) in [5.41, 5.74) is 10.6. The van der Waals surface area contributed by atoms with Gasteiger partial charge in [-0.25, -0.2) is 9.69 Å². The minimum atomic E-state index is -1.66. The number of nitrogens with zero attached hydrogens (tertiary/aromatic N) is 4. The minimum absolute atomic E-state index is 0.114. The summed E-state index contributed by atoms with van der Waals surface area (Å²) < 4.78 is 5.15. The molecule has 0 spiro atoms. The Kier molecular flexibility index (Phi) is 6.94. The van der Waals surface area contributed by atoms with Crippen LogP contribution in [0.1, 0.15) is 17.2 Å². The van der Waals surface area contributed by atoms with Crippen molar-refractivity contribution >= 4 is 25.3 Å². The normalized spacial score (nSPS) is 16.9. The van der Waals surface area contributed by atoms with E-state index in [2.05, 4.69) is 29.7 Å². The maximum Gasteiger partial charge on any atom is 0.417 e. The van der Waals surface area contributed by atoms with E-state index in [-0.39, 0.29) is 6.61 Å². The van der Waals surface area contributed by atoms with Crippen molar-refractivity contribution in [3.63, 3.8) is 0 Å². The van der Waals surface area contributed by atoms with Gasteiger partial charge >= 0.3 is 6.09 Å². The molecule has 31 heavy (non-hydrogen) atoms. The number of carbonyl (C=O) groups is 2. The molecule has 7 nitrogen and oxygen atoms in total. The zero-order valence-electron chi connectivity index (χ0n) is 17.8. The summed E-state index contributed by atoms with van der Waals surface area (Å²) in [5.74, 6) is -0.573. The van der Waals surface area contributed by atoms with E-state index in [9.17, 15) is 9.59 Å². The third kappa shape index (κ3) is 5.04. The van der Waals surface area contributed by atoms with Crippen molar-refractivity contribution < 1.29 is 14.3 Å². The van der Waals surface area contributed by atoms with Crippen molar-refractivity contribution in [3.05, 3.63) is 88.8 Å². The molecule has 3 rings (SSSR count). The number of allylic oxidation sites excluding steroid dienone is 1. The van der Waals surface area contributed by atoms with Gasteiger partial charge in [0.05, 0.1) is 14.1 Å². The van der Waals surface area contributed by atoms with Crippen molar-refractivity contribution in [1.29, 1.82) is 0 Å². The van der Waals surface area contributed by atoms with Gasteiger partial charge in [-0.2, -0.15) is 0 Å². The number of azide groups is 1. The molecule has 1 unspecified atom stereocenters. The number of ether oxygens (including phenoxy) is 1. The van der Waals surface area contributed by atoms with Crippen LogP contribution in [0.4, 0.5) is 4.79 Å². The largest absolute Gasteiger partial charge is 0.447 e. The molecule has 2 aromatic rings. The summed E-state index contributed by atoms with van der Waals surface area (Å²) in [6.07, 6.45) is 1.69. The maximum absolute atomic E-state index is 13.3. The van der Waals surface area contributed by atoms with Gasteiger partial charge in [0.25, 0.3) is 0 Å². The second-order valence-electron chi connectivity index (χ2n) is 8.23. The molecular weight excluding hydrogens is 408 g/mol. The smallest absolute Gasteiger partial charge is 0.417 e. The van der Waals surface area contributed by atoms with Gasteiger partial charge in [-0.05, 0) is 29.1 Å². The van der Waals surface area contributed by atoms with Crippen LogP contribution in [0.25, 0.3) is 10.4 Å². The number of amides is 2. The predicted octanol–water partition coefficient (Wildman–Crippen LogP) is 4.73. The lowest BCUT2D eigenvalue weighted by atomic mass is 10.0. The van der Waals surface area contributed by atoms with Gasteiger partial charge in [-0.15, -0.1) is 6.58 Å². The van der Waals surface area contributed by atoms with E-state index in [0.29, 0.717) is 12.0 Å². The summed E-state index contributed by atoms with van der Waals surface area (Å²) in [6, 6.07) is 16.5. The minimum Gasteiger partial charge on any atom is -0.447 e. The van der Waals surface area contributed by atoms with Crippen LogP contribution in [0, 0.1) is 0 Å². The van der Waals surface area contributed by atoms with Crippen molar-refractivity contribution in [2.75, 3.05) is 6.61 Å². The molecule has 2 atom stereocenters. The fourth-order valence-corrected chi connectivity index (χ4v) is 5.83. The fraction of sp³-hybridized carbons (Fsp3) is 0.304. The van der Waals surface area contributed by atoms with Gasteiger partial charge in [-0.3, -0.25) is 4.79 Å². The van der Waals surface area contributed by atoms with Crippen LogP contribution in [0.3, 0.4) is 0 Å². The molecule has 1 heterocycles. The number of carbonyl (C=O) groups excluding carboxylic acids is 2. The lowest BCUT2D eigenvalue weighted by Crippen LogP contribution is -2.43. The maximum atomic E-state index is 13.3. The average molecular weight is 435 g/mol. The Morgan fingerprint density at radius 3 is 2.58 bits per heavy atom. The molecular formula is C23H26N4O3Si. The lowest BCUT2D eigenvalue weighted by molar-refractivity contribution is -0.130. The molecule has 160 valence electrons. The van der Waals surface area contributed by atoms with Crippen molar-refractivity contribution in [1.82, 2.24) is 4.90 Å². The molecule has 8 heteroatoms. The van der Waals surface area contributed by atoms with Gasteiger partial charge < -0.3 is 4.74 Å². The monoisotopic (exact) mass is 434 g/mol. The highest BCUT2D eigenvalue weighted by molar-refractivity contribution is 6.90. The molecule has 0 bridgehead atoms. The molecule has 0 aromatic heterocycles. The zero-order chi connectivity index (χ0) is 22.4. The third-order valence-electron chi connectivity index (χ3n) is 5.58. The third-order valence-corrected chi connectivity index (χ3v) is 8.78. The van der Waals surface area contributed by atoms with Gasteiger partial charge in [0, 0.05) is 4.91 Å². The summed E-state index contributed by atoms with van der Waals surface area (Å²) in [6.45, 7) is 8.44. The van der Waals surface area contributed by atoms with Crippen LogP contribution in [0.5, 0.6) is 0 Å². The summed E-state index contributed by atoms with van der Waals surface area (Å²) >= 11 is 0. The fourth-order valence-electron chi connectivity index (χ4n) is 3.80. The average Bonchev–Trinajstić information content (AvgIpc) is 3.12. The predicted molar refractivity (Wildman–Crippen MR) is 123 cm³/mol. The molecule has 1 aliphatic heterocycles. The van der Waals surface area contributed by atoms with Crippen molar-refractivity contribution in [2.24, 2.45) is 5.11 Å². The van der Waals surface area contributed by atoms with Crippen molar-refractivity contribution in [2.45, 2.75) is 37.6 Å². The van der Waals surface area contributed by atoms with E-state index in [1.807, 2.05) is 48.5 Å². The van der Waals surface area contributed by atoms with Crippen molar-refractivity contribution in [3.8, 4) is 0 Å². The highest BCUT2D eigenvalue weighted by Gasteiger charge is 2.41. The van der Waals surface area contributed by atoms with E-state index in [4.69, 9.17) is 10.3 Å². The zero-order valence-corrected chi connectivity index (χ0v) is 18.8. The van der Waals surface area contributed by atoms with Crippen LogP contribution in [-0.2, 0) is 16.0 Å². The molecule has 0 aliphatic carbocycles. The van der Waals surface area contributed by atoms with Gasteiger partial charge in [0.15, 0.2) is 0 Å². The molecule has 1 fully saturated rings. The Balaban J connectivity index is 1.86. The summed E-state index contributed by atoms with van der Waals surface area (Å²) in [7, 11) is -1.66. The van der Waals surface area contributed by atoms with Crippen LogP contribution >= 0.6 is 0 Å². The quantitative estimate of drug-likeness (QED) is 0.198.